The van der Waals surface area contributed by atoms with Crippen molar-refractivity contribution in [3.8, 4) is 56.4 Å². The summed E-state index contributed by atoms with van der Waals surface area (Å²) in [6.07, 6.45) is 0. The van der Waals surface area contributed by atoms with Gasteiger partial charge in [0.2, 0.25) is 0 Å². The third-order valence-corrected chi connectivity index (χ3v) is 11.3. The van der Waals surface area contributed by atoms with Gasteiger partial charge in [-0.2, -0.15) is 0 Å². The van der Waals surface area contributed by atoms with E-state index >= 15 is 0 Å². The molecule has 9 aromatic carbocycles. The van der Waals surface area contributed by atoms with E-state index in [1.807, 2.05) is 30.3 Å². The lowest BCUT2D eigenvalue weighted by Crippen LogP contribution is -2.00. The predicted molar refractivity (Wildman–Crippen MR) is 237 cm³/mol. The van der Waals surface area contributed by atoms with Crippen LogP contribution in [0.3, 0.4) is 0 Å². The van der Waals surface area contributed by atoms with Crippen molar-refractivity contribution in [1.29, 1.82) is 0 Å². The molecule has 0 atom stereocenters. The summed E-state index contributed by atoms with van der Waals surface area (Å²) in [5, 5.41) is 8.76. The summed E-state index contributed by atoms with van der Waals surface area (Å²) in [5.74, 6) is 1.75. The number of aromatic nitrogens is 3. The summed E-state index contributed by atoms with van der Waals surface area (Å²) >= 11 is 0. The van der Waals surface area contributed by atoms with Gasteiger partial charge in [-0.3, -0.25) is 0 Å². The standard InChI is InChI=1S/C53H31N3O2/c1-2-9-32(10-3-1)34-17-21-36(22-18-34)51-54-52(40-24-20-35-26-28-47-50(44(35)30-40)41-13-6-7-15-45(41)57-47)56-53(55-51)43-14-8-16-46-49(43)42-27-25-39(31-48(42)58-46)38-23-19-33-11-4-5-12-37(33)29-38/h1-31H. The first kappa shape index (κ1) is 32.4. The van der Waals surface area contributed by atoms with Crippen LogP contribution >= 0.6 is 0 Å². The Hall–Kier alpha value is -7.89. The lowest BCUT2D eigenvalue weighted by atomic mass is 9.99. The predicted octanol–water partition coefficient (Wildman–Crippen LogP) is 14.3. The third-order valence-electron chi connectivity index (χ3n) is 11.3. The van der Waals surface area contributed by atoms with E-state index < -0.39 is 0 Å². The second-order valence-corrected chi connectivity index (χ2v) is 14.8. The smallest absolute Gasteiger partial charge is 0.164 e. The molecule has 0 saturated carbocycles. The normalized spacial score (nSPS) is 11.8. The molecule has 3 heterocycles. The van der Waals surface area contributed by atoms with Gasteiger partial charge in [0.25, 0.3) is 0 Å². The molecule has 0 N–H and O–H groups in total. The molecule has 0 aliphatic heterocycles. The van der Waals surface area contributed by atoms with E-state index in [9.17, 15) is 0 Å². The molecular formula is C53H31N3O2. The molecular weight excluding hydrogens is 711 g/mol. The Morgan fingerprint density at radius 3 is 1.76 bits per heavy atom. The van der Waals surface area contributed by atoms with Crippen LogP contribution in [-0.2, 0) is 0 Å². The fourth-order valence-corrected chi connectivity index (χ4v) is 8.44. The van der Waals surface area contributed by atoms with Gasteiger partial charge < -0.3 is 8.83 Å². The van der Waals surface area contributed by atoms with Gasteiger partial charge in [0.1, 0.15) is 22.3 Å². The van der Waals surface area contributed by atoms with Gasteiger partial charge in [-0.1, -0.05) is 146 Å². The van der Waals surface area contributed by atoms with E-state index in [-0.39, 0.29) is 0 Å². The Labute approximate surface area is 332 Å². The van der Waals surface area contributed by atoms with Gasteiger partial charge in [-0.25, -0.2) is 15.0 Å². The molecule has 0 bridgehead atoms. The first-order valence-electron chi connectivity index (χ1n) is 19.4. The highest BCUT2D eigenvalue weighted by atomic mass is 16.3. The fraction of sp³-hybridized carbons (Fsp3) is 0. The Morgan fingerprint density at radius 2 is 0.862 bits per heavy atom. The molecule has 3 aromatic heterocycles. The minimum absolute atomic E-state index is 0.575. The average Bonchev–Trinajstić information content (AvgIpc) is 3.87. The number of hydrogen-bond acceptors (Lipinski definition) is 5. The number of nitrogens with zero attached hydrogens (tertiary/aromatic N) is 3. The number of hydrogen-bond donors (Lipinski definition) is 0. The summed E-state index contributed by atoms with van der Waals surface area (Å²) in [6, 6.07) is 65.2. The van der Waals surface area contributed by atoms with Crippen LogP contribution in [0.1, 0.15) is 0 Å². The number of para-hydroxylation sites is 1. The van der Waals surface area contributed by atoms with Crippen molar-refractivity contribution in [1.82, 2.24) is 15.0 Å². The molecule has 12 rings (SSSR count). The average molecular weight is 742 g/mol. The van der Waals surface area contributed by atoms with Gasteiger partial charge in [0.05, 0.1) is 0 Å². The molecule has 0 radical (unpaired) electrons. The summed E-state index contributed by atoms with van der Waals surface area (Å²) in [6.45, 7) is 0. The van der Waals surface area contributed by atoms with Gasteiger partial charge >= 0.3 is 0 Å². The van der Waals surface area contributed by atoms with Crippen molar-refractivity contribution < 1.29 is 8.83 Å². The summed E-state index contributed by atoms with van der Waals surface area (Å²) in [5.41, 5.74) is 10.5. The molecule has 0 aliphatic carbocycles. The zero-order chi connectivity index (χ0) is 38.2. The fourth-order valence-electron chi connectivity index (χ4n) is 8.44. The van der Waals surface area contributed by atoms with Crippen LogP contribution in [0.15, 0.2) is 197 Å². The molecule has 0 saturated heterocycles. The van der Waals surface area contributed by atoms with Gasteiger partial charge in [0.15, 0.2) is 17.5 Å². The maximum Gasteiger partial charge on any atom is 0.164 e. The summed E-state index contributed by atoms with van der Waals surface area (Å²) in [4.78, 5) is 15.6. The number of furan rings is 2. The van der Waals surface area contributed by atoms with E-state index in [1.54, 1.807) is 0 Å². The zero-order valence-corrected chi connectivity index (χ0v) is 31.1. The van der Waals surface area contributed by atoms with Crippen LogP contribution in [0.4, 0.5) is 0 Å². The maximum absolute atomic E-state index is 6.59. The molecule has 12 aromatic rings. The summed E-state index contributed by atoms with van der Waals surface area (Å²) in [7, 11) is 0. The van der Waals surface area contributed by atoms with Crippen molar-refractivity contribution >= 4 is 65.4 Å². The number of benzene rings is 9. The van der Waals surface area contributed by atoms with Crippen LogP contribution in [-0.4, -0.2) is 15.0 Å². The zero-order valence-electron chi connectivity index (χ0n) is 31.1. The molecule has 0 spiro atoms. The third kappa shape index (κ3) is 5.29. The quantitative estimate of drug-likeness (QED) is 0.176. The molecule has 58 heavy (non-hydrogen) atoms. The van der Waals surface area contributed by atoms with Crippen molar-refractivity contribution in [3.63, 3.8) is 0 Å². The van der Waals surface area contributed by atoms with Gasteiger partial charge in [0, 0.05) is 38.2 Å². The molecule has 0 unspecified atom stereocenters. The van der Waals surface area contributed by atoms with Crippen LogP contribution in [0.2, 0.25) is 0 Å². The molecule has 5 heteroatoms. The topological polar surface area (TPSA) is 65.0 Å². The lowest BCUT2D eigenvalue weighted by Gasteiger charge is -2.11. The van der Waals surface area contributed by atoms with Crippen molar-refractivity contribution in [3.05, 3.63) is 188 Å². The van der Waals surface area contributed by atoms with Gasteiger partial charge in [-0.15, -0.1) is 0 Å². The summed E-state index contributed by atoms with van der Waals surface area (Å²) < 4.78 is 12.9. The van der Waals surface area contributed by atoms with Crippen LogP contribution in [0, 0.1) is 0 Å². The van der Waals surface area contributed by atoms with E-state index in [1.165, 1.54) is 10.8 Å². The molecule has 270 valence electrons. The monoisotopic (exact) mass is 741 g/mol. The number of fused-ring (bicyclic) bond motifs is 9. The molecule has 0 amide bonds. The van der Waals surface area contributed by atoms with Crippen molar-refractivity contribution in [2.75, 3.05) is 0 Å². The Bertz CT molecular complexity index is 3570. The van der Waals surface area contributed by atoms with Crippen LogP contribution < -0.4 is 0 Å². The first-order valence-corrected chi connectivity index (χ1v) is 19.4. The Morgan fingerprint density at radius 1 is 0.276 bits per heavy atom. The van der Waals surface area contributed by atoms with E-state index in [0.717, 1.165) is 93.6 Å². The van der Waals surface area contributed by atoms with Crippen LogP contribution in [0.25, 0.3) is 122 Å². The van der Waals surface area contributed by atoms with E-state index in [2.05, 4.69) is 158 Å². The van der Waals surface area contributed by atoms with E-state index in [4.69, 9.17) is 23.8 Å². The first-order chi connectivity index (χ1) is 28.7. The lowest BCUT2D eigenvalue weighted by molar-refractivity contribution is 0.669. The Balaban J connectivity index is 1.04. The van der Waals surface area contributed by atoms with Crippen molar-refractivity contribution in [2.24, 2.45) is 0 Å². The Kier molecular flexibility index (Phi) is 7.16. The molecule has 5 nitrogen and oxygen atoms in total. The molecule has 0 fully saturated rings. The van der Waals surface area contributed by atoms with Crippen molar-refractivity contribution in [2.45, 2.75) is 0 Å². The second-order valence-electron chi connectivity index (χ2n) is 14.8. The largest absolute Gasteiger partial charge is 0.456 e. The minimum atomic E-state index is 0.575. The molecule has 0 aliphatic rings. The SMILES string of the molecule is c1ccc(-c2ccc(-c3nc(-c4ccc5ccc6oc7ccccc7c6c5c4)nc(-c4cccc5oc6cc(-c7ccc8ccccc8c7)ccc6c45)n3)cc2)cc1. The highest BCUT2D eigenvalue weighted by molar-refractivity contribution is 6.19. The number of rotatable bonds is 5. The highest BCUT2D eigenvalue weighted by Gasteiger charge is 2.19. The van der Waals surface area contributed by atoms with Crippen LogP contribution in [0.5, 0.6) is 0 Å². The second kappa shape index (κ2) is 12.8. The van der Waals surface area contributed by atoms with E-state index in [0.29, 0.717) is 17.5 Å². The highest BCUT2D eigenvalue weighted by Crippen LogP contribution is 2.40. The van der Waals surface area contributed by atoms with Gasteiger partial charge in [-0.05, 0) is 86.3 Å². The minimum Gasteiger partial charge on any atom is -0.456 e. The maximum atomic E-state index is 6.59.